The van der Waals surface area contributed by atoms with Crippen molar-refractivity contribution in [2.75, 3.05) is 13.2 Å². The van der Waals surface area contributed by atoms with Gasteiger partial charge in [-0.25, -0.2) is 9.59 Å². The van der Waals surface area contributed by atoms with E-state index in [1.807, 2.05) is 12.1 Å². The van der Waals surface area contributed by atoms with Gasteiger partial charge in [-0.15, -0.1) is 0 Å². The van der Waals surface area contributed by atoms with E-state index in [1.54, 1.807) is 48.5 Å². The fourth-order valence-corrected chi connectivity index (χ4v) is 3.19. The highest BCUT2D eigenvalue weighted by Crippen LogP contribution is 2.31. The molecule has 4 atom stereocenters. The van der Waals surface area contributed by atoms with Crippen molar-refractivity contribution in [2.45, 2.75) is 24.4 Å². The number of benzene rings is 2. The van der Waals surface area contributed by atoms with Crippen molar-refractivity contribution in [2.24, 2.45) is 0 Å². The smallest absolute Gasteiger partial charge is 0.338 e. The molecule has 2 heterocycles. The quantitative estimate of drug-likeness (QED) is 0.784. The fraction of sp³-hybridized carbons (Fsp3) is 0.300. The van der Waals surface area contributed by atoms with Crippen molar-refractivity contribution < 1.29 is 28.5 Å². The molecule has 0 aliphatic carbocycles. The number of hydrogen-bond donors (Lipinski definition) is 0. The lowest BCUT2D eigenvalue weighted by atomic mass is 10.1. The lowest BCUT2D eigenvalue weighted by Crippen LogP contribution is -2.36. The standard InChI is InChI=1S/C20H18O6/c21-19(13-7-3-1-4-8-13)25-15-11-23-18-16(12-24-17(15)18)26-20(22)14-9-5-2-6-10-14/h1-10,15-18H,11-12H2/t15-,16-,17-,18-/m1/s1. The largest absolute Gasteiger partial charge is 0.453 e. The van der Waals surface area contributed by atoms with Crippen molar-refractivity contribution in [3.63, 3.8) is 0 Å². The zero-order chi connectivity index (χ0) is 17.9. The molecule has 0 unspecified atom stereocenters. The Morgan fingerprint density at radius 3 is 1.46 bits per heavy atom. The molecule has 6 nitrogen and oxygen atoms in total. The number of carbonyl (C=O) groups is 2. The predicted octanol–water partition coefficient (Wildman–Crippen LogP) is 2.24. The lowest BCUT2D eigenvalue weighted by molar-refractivity contribution is -0.0287. The summed E-state index contributed by atoms with van der Waals surface area (Å²) in [5.74, 6) is -0.846. The number of fused-ring (bicyclic) bond motifs is 1. The maximum absolute atomic E-state index is 12.2. The average molecular weight is 354 g/mol. The molecule has 134 valence electrons. The monoisotopic (exact) mass is 354 g/mol. The topological polar surface area (TPSA) is 71.1 Å². The van der Waals surface area contributed by atoms with E-state index >= 15 is 0 Å². The first kappa shape index (κ1) is 16.8. The van der Waals surface area contributed by atoms with Crippen LogP contribution in [0.2, 0.25) is 0 Å². The van der Waals surface area contributed by atoms with Gasteiger partial charge in [0.25, 0.3) is 0 Å². The summed E-state index contributed by atoms with van der Waals surface area (Å²) in [4.78, 5) is 24.4. The van der Waals surface area contributed by atoms with E-state index < -0.39 is 36.4 Å². The molecule has 0 aromatic heterocycles. The number of esters is 2. The molecule has 2 aromatic rings. The van der Waals surface area contributed by atoms with Gasteiger partial charge >= 0.3 is 11.9 Å². The lowest BCUT2D eigenvalue weighted by Gasteiger charge is -2.17. The number of rotatable bonds is 4. The molecule has 0 spiro atoms. The second kappa shape index (κ2) is 7.27. The first-order valence-corrected chi connectivity index (χ1v) is 8.47. The number of carbonyl (C=O) groups excluding carboxylic acids is 2. The molecule has 2 saturated heterocycles. The molecule has 2 aliphatic rings. The normalized spacial score (nSPS) is 26.9. The average Bonchev–Trinajstić information content (AvgIpc) is 3.27. The highest BCUT2D eigenvalue weighted by molar-refractivity contribution is 5.90. The van der Waals surface area contributed by atoms with Crippen molar-refractivity contribution in [1.29, 1.82) is 0 Å². The molecule has 0 saturated carbocycles. The first-order chi connectivity index (χ1) is 12.7. The van der Waals surface area contributed by atoms with Crippen LogP contribution in [-0.4, -0.2) is 49.6 Å². The summed E-state index contributed by atoms with van der Waals surface area (Å²) in [6, 6.07) is 17.5. The van der Waals surface area contributed by atoms with Crippen LogP contribution in [0, 0.1) is 0 Å². The van der Waals surface area contributed by atoms with Gasteiger partial charge in [-0.2, -0.15) is 0 Å². The molecular formula is C20H18O6. The maximum Gasteiger partial charge on any atom is 0.338 e. The summed E-state index contributed by atoms with van der Waals surface area (Å²) < 4.78 is 22.4. The summed E-state index contributed by atoms with van der Waals surface area (Å²) in [5, 5.41) is 0. The maximum atomic E-state index is 12.2. The Bertz CT molecular complexity index is 708. The molecule has 26 heavy (non-hydrogen) atoms. The van der Waals surface area contributed by atoms with E-state index in [1.165, 1.54) is 0 Å². The van der Waals surface area contributed by atoms with Crippen LogP contribution in [0.4, 0.5) is 0 Å². The second-order valence-corrected chi connectivity index (χ2v) is 6.22. The third kappa shape index (κ3) is 3.34. The van der Waals surface area contributed by atoms with E-state index in [-0.39, 0.29) is 13.2 Å². The fourth-order valence-electron chi connectivity index (χ4n) is 3.19. The molecule has 6 heteroatoms. The molecule has 0 bridgehead atoms. The third-order valence-electron chi connectivity index (χ3n) is 4.50. The number of hydrogen-bond acceptors (Lipinski definition) is 6. The summed E-state index contributed by atoms with van der Waals surface area (Å²) in [5.41, 5.74) is 0.946. The third-order valence-corrected chi connectivity index (χ3v) is 4.50. The van der Waals surface area contributed by atoms with Gasteiger partial charge in [-0.05, 0) is 24.3 Å². The minimum Gasteiger partial charge on any atom is -0.453 e. The Kier molecular flexibility index (Phi) is 4.69. The molecule has 4 rings (SSSR count). The van der Waals surface area contributed by atoms with Gasteiger partial charge in [-0.1, -0.05) is 36.4 Å². The van der Waals surface area contributed by atoms with Crippen LogP contribution in [-0.2, 0) is 18.9 Å². The molecule has 0 radical (unpaired) electrons. The van der Waals surface area contributed by atoms with Crippen LogP contribution >= 0.6 is 0 Å². The highest BCUT2D eigenvalue weighted by atomic mass is 16.7. The predicted molar refractivity (Wildman–Crippen MR) is 90.8 cm³/mol. The van der Waals surface area contributed by atoms with E-state index in [2.05, 4.69) is 0 Å². The molecular weight excluding hydrogens is 336 g/mol. The van der Waals surface area contributed by atoms with E-state index in [0.717, 1.165) is 0 Å². The molecule has 0 N–H and O–H groups in total. The Labute approximate surface area is 150 Å². The van der Waals surface area contributed by atoms with E-state index in [4.69, 9.17) is 18.9 Å². The highest BCUT2D eigenvalue weighted by Gasteiger charge is 2.51. The zero-order valence-corrected chi connectivity index (χ0v) is 13.9. The minimum atomic E-state index is -0.520. The van der Waals surface area contributed by atoms with Gasteiger partial charge in [0, 0.05) is 0 Å². The van der Waals surface area contributed by atoms with Gasteiger partial charge < -0.3 is 18.9 Å². The SMILES string of the molecule is O=C(O[C@@H]1CO[C@H]2[C@@H]1OC[C@H]2OC(=O)c1ccccc1)c1ccccc1. The van der Waals surface area contributed by atoms with E-state index in [9.17, 15) is 9.59 Å². The first-order valence-electron chi connectivity index (χ1n) is 8.47. The summed E-state index contributed by atoms with van der Waals surface area (Å²) in [6.07, 6.45) is -1.91. The molecule has 2 aliphatic heterocycles. The molecule has 0 amide bonds. The van der Waals surface area contributed by atoms with Gasteiger partial charge in [-0.3, -0.25) is 0 Å². The van der Waals surface area contributed by atoms with Crippen LogP contribution in [0.15, 0.2) is 60.7 Å². The van der Waals surface area contributed by atoms with Crippen molar-refractivity contribution in [3.8, 4) is 0 Å². The van der Waals surface area contributed by atoms with Gasteiger partial charge in [0.2, 0.25) is 0 Å². The Balaban J connectivity index is 1.37. The summed E-state index contributed by atoms with van der Waals surface area (Å²) >= 11 is 0. The van der Waals surface area contributed by atoms with Crippen molar-refractivity contribution in [1.82, 2.24) is 0 Å². The van der Waals surface area contributed by atoms with Gasteiger partial charge in [0.1, 0.15) is 12.2 Å². The Morgan fingerprint density at radius 2 is 1.08 bits per heavy atom. The second-order valence-electron chi connectivity index (χ2n) is 6.22. The van der Waals surface area contributed by atoms with Crippen molar-refractivity contribution in [3.05, 3.63) is 71.8 Å². The minimum absolute atomic E-state index is 0.216. The van der Waals surface area contributed by atoms with Crippen molar-refractivity contribution >= 4 is 11.9 Å². The van der Waals surface area contributed by atoms with Crippen LogP contribution in [0.3, 0.4) is 0 Å². The Morgan fingerprint density at radius 1 is 0.692 bits per heavy atom. The number of ether oxygens (including phenoxy) is 4. The van der Waals surface area contributed by atoms with Crippen LogP contribution in [0.1, 0.15) is 20.7 Å². The van der Waals surface area contributed by atoms with Crippen LogP contribution < -0.4 is 0 Å². The zero-order valence-electron chi connectivity index (χ0n) is 13.9. The van der Waals surface area contributed by atoms with Crippen LogP contribution in [0.5, 0.6) is 0 Å². The van der Waals surface area contributed by atoms with E-state index in [0.29, 0.717) is 11.1 Å². The van der Waals surface area contributed by atoms with Crippen LogP contribution in [0.25, 0.3) is 0 Å². The summed E-state index contributed by atoms with van der Waals surface area (Å²) in [7, 11) is 0. The molecule has 2 fully saturated rings. The molecule has 2 aromatic carbocycles. The van der Waals surface area contributed by atoms with Gasteiger partial charge in [0.05, 0.1) is 24.3 Å². The van der Waals surface area contributed by atoms with Gasteiger partial charge in [0.15, 0.2) is 12.2 Å². The summed E-state index contributed by atoms with van der Waals surface area (Å²) in [6.45, 7) is 0.431. The Hall–Kier alpha value is -2.70.